The molecule has 0 bridgehead atoms. The Morgan fingerprint density at radius 1 is 1.06 bits per heavy atom. The highest BCUT2D eigenvalue weighted by molar-refractivity contribution is 9.10. The lowest BCUT2D eigenvalue weighted by Crippen LogP contribution is -2.38. The van der Waals surface area contributed by atoms with Gasteiger partial charge >= 0.3 is 0 Å². The van der Waals surface area contributed by atoms with E-state index in [1.165, 1.54) is 11.6 Å². The minimum absolute atomic E-state index is 0.0151. The zero-order chi connectivity index (χ0) is 22.1. The van der Waals surface area contributed by atoms with Gasteiger partial charge in [0.05, 0.1) is 0 Å². The number of carbonyl (C=O) groups excluding carboxylic acids is 1. The Kier molecular flexibility index (Phi) is 5.90. The number of sulfonamides is 1. The molecule has 0 radical (unpaired) electrons. The molecular weight excluding hydrogens is 478 g/mol. The molecule has 1 amide bonds. The lowest BCUT2D eigenvalue weighted by Gasteiger charge is -2.36. The van der Waals surface area contributed by atoms with Crippen LogP contribution in [0.25, 0.3) is 0 Å². The molecule has 3 aromatic rings. The molecule has 0 fully saturated rings. The molecule has 0 saturated carbocycles. The van der Waals surface area contributed by atoms with Gasteiger partial charge in [0, 0.05) is 16.5 Å². The number of halogens is 1. The van der Waals surface area contributed by atoms with Crippen molar-refractivity contribution in [2.75, 3.05) is 0 Å². The number of amides is 1. The van der Waals surface area contributed by atoms with Gasteiger partial charge in [-0.3, -0.25) is 4.79 Å². The molecule has 1 atom stereocenters. The van der Waals surface area contributed by atoms with Crippen molar-refractivity contribution in [1.82, 2.24) is 4.72 Å². The summed E-state index contributed by atoms with van der Waals surface area (Å²) in [4.78, 5) is 12.7. The molecule has 7 heteroatoms. The van der Waals surface area contributed by atoms with E-state index >= 15 is 0 Å². The number of fused-ring (bicyclic) bond motifs is 1. The van der Waals surface area contributed by atoms with Crippen molar-refractivity contribution in [3.63, 3.8) is 0 Å². The molecule has 1 heterocycles. The van der Waals surface area contributed by atoms with Gasteiger partial charge in [-0.2, -0.15) is 0 Å². The predicted molar refractivity (Wildman–Crippen MR) is 123 cm³/mol. The average molecular weight is 500 g/mol. The summed E-state index contributed by atoms with van der Waals surface area (Å²) in [7, 11) is -3.99. The lowest BCUT2D eigenvalue weighted by molar-refractivity contribution is 0.0654. The third kappa shape index (κ3) is 4.83. The number of nitrogens with one attached hydrogen (secondary N) is 1. The Morgan fingerprint density at radius 3 is 2.52 bits per heavy atom. The van der Waals surface area contributed by atoms with E-state index in [0.717, 1.165) is 30.6 Å². The first-order valence-corrected chi connectivity index (χ1v) is 12.2. The molecule has 1 aliphatic heterocycles. The van der Waals surface area contributed by atoms with Crippen LogP contribution in [0.1, 0.15) is 34.8 Å². The standard InChI is InChI=1S/C24H22BrNO4S/c1-24(16-17-7-3-2-4-8-17)14-13-18-15-19(11-12-21(18)30-24)23(27)26-31(28,29)22-10-6-5-9-20(22)25/h2-12,15H,13-14,16H2,1H3,(H,26,27)/t24-/m1/s1. The van der Waals surface area contributed by atoms with Crippen LogP contribution in [-0.2, 0) is 22.9 Å². The molecule has 0 saturated heterocycles. The quantitative estimate of drug-likeness (QED) is 0.542. The lowest BCUT2D eigenvalue weighted by atomic mass is 9.87. The summed E-state index contributed by atoms with van der Waals surface area (Å²) < 4.78 is 34.0. The highest BCUT2D eigenvalue weighted by Crippen LogP contribution is 2.35. The predicted octanol–water partition coefficient (Wildman–Crippen LogP) is 4.89. The van der Waals surface area contributed by atoms with Crippen molar-refractivity contribution in [2.45, 2.75) is 36.7 Å². The Labute approximate surface area is 190 Å². The molecular formula is C24H22BrNO4S. The second kappa shape index (κ2) is 8.48. The zero-order valence-electron chi connectivity index (χ0n) is 17.0. The number of ether oxygens (including phenoxy) is 1. The Bertz CT molecular complexity index is 1230. The number of hydrogen-bond acceptors (Lipinski definition) is 4. The van der Waals surface area contributed by atoms with Crippen LogP contribution < -0.4 is 9.46 Å². The van der Waals surface area contributed by atoms with E-state index in [1.54, 1.807) is 36.4 Å². The summed E-state index contributed by atoms with van der Waals surface area (Å²) in [5.74, 6) is 0.0612. The van der Waals surface area contributed by atoms with Crippen LogP contribution >= 0.6 is 15.9 Å². The van der Waals surface area contributed by atoms with E-state index in [-0.39, 0.29) is 16.1 Å². The summed E-state index contributed by atoms with van der Waals surface area (Å²) in [5, 5.41) is 0. The van der Waals surface area contributed by atoms with Crippen molar-refractivity contribution >= 4 is 31.9 Å². The van der Waals surface area contributed by atoms with Crippen molar-refractivity contribution in [1.29, 1.82) is 0 Å². The molecule has 0 aromatic heterocycles. The maximum Gasteiger partial charge on any atom is 0.265 e. The number of benzene rings is 3. The fourth-order valence-electron chi connectivity index (χ4n) is 3.78. The molecule has 1 N–H and O–H groups in total. The SMILES string of the molecule is C[C@]1(Cc2ccccc2)CCc2cc(C(=O)NS(=O)(=O)c3ccccc3Br)ccc2O1. The molecule has 4 rings (SSSR count). The average Bonchev–Trinajstić information content (AvgIpc) is 2.73. The van der Waals surface area contributed by atoms with Crippen LogP contribution in [0.4, 0.5) is 0 Å². The second-order valence-corrected chi connectivity index (χ2v) is 10.4. The first-order valence-electron chi connectivity index (χ1n) is 9.93. The molecule has 5 nitrogen and oxygen atoms in total. The monoisotopic (exact) mass is 499 g/mol. The van der Waals surface area contributed by atoms with Gasteiger partial charge in [-0.05, 0) is 77.2 Å². The Hall–Kier alpha value is -2.64. The van der Waals surface area contributed by atoms with Crippen LogP contribution in [-0.4, -0.2) is 19.9 Å². The number of carbonyl (C=O) groups is 1. The fraction of sp³-hybridized carbons (Fsp3) is 0.208. The maximum atomic E-state index is 12.7. The summed E-state index contributed by atoms with van der Waals surface area (Å²) in [5.41, 5.74) is 2.06. The van der Waals surface area contributed by atoms with Gasteiger partial charge in [0.1, 0.15) is 16.2 Å². The molecule has 160 valence electrons. The van der Waals surface area contributed by atoms with Crippen molar-refractivity contribution in [3.05, 3.63) is 94.0 Å². The number of rotatable bonds is 5. The molecule has 31 heavy (non-hydrogen) atoms. The first kappa shape index (κ1) is 21.6. The number of hydrogen-bond donors (Lipinski definition) is 1. The largest absolute Gasteiger partial charge is 0.487 e. The van der Waals surface area contributed by atoms with Gasteiger partial charge in [0.2, 0.25) is 0 Å². The summed E-state index contributed by atoms with van der Waals surface area (Å²) >= 11 is 3.21. The smallest absolute Gasteiger partial charge is 0.265 e. The van der Waals surface area contributed by atoms with E-state index in [4.69, 9.17) is 4.74 Å². The van der Waals surface area contributed by atoms with Gasteiger partial charge in [0.25, 0.3) is 15.9 Å². The van der Waals surface area contributed by atoms with E-state index in [2.05, 4.69) is 39.7 Å². The minimum Gasteiger partial charge on any atom is -0.487 e. The van der Waals surface area contributed by atoms with Crippen LogP contribution in [0.15, 0.2) is 82.2 Å². The topological polar surface area (TPSA) is 72.5 Å². The van der Waals surface area contributed by atoms with Crippen LogP contribution in [0, 0.1) is 0 Å². The third-order valence-corrected chi connectivity index (χ3v) is 7.72. The fourth-order valence-corrected chi connectivity index (χ4v) is 5.76. The highest BCUT2D eigenvalue weighted by Gasteiger charge is 2.32. The van der Waals surface area contributed by atoms with Gasteiger partial charge < -0.3 is 4.74 Å². The molecule has 1 aliphatic rings. The van der Waals surface area contributed by atoms with E-state index in [1.807, 2.05) is 18.2 Å². The van der Waals surface area contributed by atoms with Crippen LogP contribution in [0.5, 0.6) is 5.75 Å². The highest BCUT2D eigenvalue weighted by atomic mass is 79.9. The normalized spacial score (nSPS) is 18.0. The second-order valence-electron chi connectivity index (χ2n) is 7.90. The maximum absolute atomic E-state index is 12.7. The van der Waals surface area contributed by atoms with Crippen LogP contribution in [0.2, 0.25) is 0 Å². The van der Waals surface area contributed by atoms with E-state index in [0.29, 0.717) is 4.47 Å². The molecule has 0 unspecified atom stereocenters. The van der Waals surface area contributed by atoms with Gasteiger partial charge in [-0.1, -0.05) is 42.5 Å². The Balaban J connectivity index is 1.50. The van der Waals surface area contributed by atoms with Gasteiger partial charge in [-0.25, -0.2) is 13.1 Å². The summed E-state index contributed by atoms with van der Waals surface area (Å²) in [6, 6.07) is 21.6. The summed E-state index contributed by atoms with van der Waals surface area (Å²) in [6.07, 6.45) is 2.34. The summed E-state index contributed by atoms with van der Waals surface area (Å²) in [6.45, 7) is 2.09. The van der Waals surface area contributed by atoms with Crippen molar-refractivity contribution < 1.29 is 17.9 Å². The minimum atomic E-state index is -3.99. The first-order chi connectivity index (χ1) is 14.8. The van der Waals surface area contributed by atoms with E-state index in [9.17, 15) is 13.2 Å². The molecule has 0 aliphatic carbocycles. The van der Waals surface area contributed by atoms with E-state index < -0.39 is 15.9 Å². The van der Waals surface area contributed by atoms with Gasteiger partial charge in [-0.15, -0.1) is 0 Å². The van der Waals surface area contributed by atoms with Gasteiger partial charge in [0.15, 0.2) is 0 Å². The molecule has 0 spiro atoms. The number of aryl methyl sites for hydroxylation is 1. The van der Waals surface area contributed by atoms with Crippen LogP contribution in [0.3, 0.4) is 0 Å². The third-order valence-electron chi connectivity index (χ3n) is 5.38. The zero-order valence-corrected chi connectivity index (χ0v) is 19.4. The van der Waals surface area contributed by atoms with Crippen molar-refractivity contribution in [3.8, 4) is 5.75 Å². The van der Waals surface area contributed by atoms with Crippen molar-refractivity contribution in [2.24, 2.45) is 0 Å². The molecule has 3 aromatic carbocycles. The Morgan fingerprint density at radius 2 is 1.77 bits per heavy atom.